The van der Waals surface area contributed by atoms with Crippen LogP contribution in [0.1, 0.15) is 20.8 Å². The second kappa shape index (κ2) is 7.12. The van der Waals surface area contributed by atoms with Gasteiger partial charge in [0.15, 0.2) is 0 Å². The van der Waals surface area contributed by atoms with E-state index in [4.69, 9.17) is 5.26 Å². The highest BCUT2D eigenvalue weighted by Crippen LogP contribution is 2.02. The first-order chi connectivity index (χ1) is 6.22. The molecule has 0 aromatic rings. The Balaban J connectivity index is 4.29. The summed E-state index contributed by atoms with van der Waals surface area (Å²) in [5, 5.41) is 8.70. The summed E-state index contributed by atoms with van der Waals surface area (Å²) in [6, 6.07) is 2.13. The highest BCUT2D eigenvalue weighted by molar-refractivity contribution is 5.37. The van der Waals surface area contributed by atoms with Crippen molar-refractivity contribution in [1.29, 1.82) is 5.26 Å². The van der Waals surface area contributed by atoms with Crippen LogP contribution >= 0.6 is 0 Å². The molecule has 0 aliphatic carbocycles. The molecule has 0 aromatic carbocycles. The highest BCUT2D eigenvalue weighted by Gasteiger charge is 1.88. The Morgan fingerprint density at radius 3 is 2.15 bits per heavy atom. The molecule has 0 bridgehead atoms. The molecule has 0 fully saturated rings. The highest BCUT2D eigenvalue weighted by atomic mass is 14.2. The van der Waals surface area contributed by atoms with Crippen LogP contribution in [0.15, 0.2) is 47.6 Å². The topological polar surface area (TPSA) is 23.8 Å². The maximum atomic E-state index is 8.70. The number of rotatable bonds is 3. The van der Waals surface area contributed by atoms with Gasteiger partial charge in [0.2, 0.25) is 0 Å². The SMILES string of the molecule is CC=CC=CC=CC(C#N)=C(C)C. The number of hydrogen-bond acceptors (Lipinski definition) is 1. The molecule has 0 rings (SSSR count). The largest absolute Gasteiger partial charge is 0.192 e. The molecule has 1 heteroatoms. The van der Waals surface area contributed by atoms with E-state index in [1.54, 1.807) is 0 Å². The van der Waals surface area contributed by atoms with Gasteiger partial charge in [0, 0.05) is 0 Å². The van der Waals surface area contributed by atoms with E-state index in [0.717, 1.165) is 11.1 Å². The fraction of sp³-hybridized carbons (Fsp3) is 0.250. The fourth-order valence-corrected chi connectivity index (χ4v) is 0.707. The molecule has 0 aliphatic rings. The first-order valence-electron chi connectivity index (χ1n) is 4.26. The van der Waals surface area contributed by atoms with Crippen molar-refractivity contribution in [2.75, 3.05) is 0 Å². The van der Waals surface area contributed by atoms with Gasteiger partial charge >= 0.3 is 0 Å². The van der Waals surface area contributed by atoms with Crippen LogP contribution in [0.3, 0.4) is 0 Å². The smallest absolute Gasteiger partial charge is 0.0990 e. The molecule has 0 spiro atoms. The fourth-order valence-electron chi connectivity index (χ4n) is 0.707. The molecular weight excluding hydrogens is 158 g/mol. The molecule has 0 N–H and O–H groups in total. The Morgan fingerprint density at radius 2 is 1.69 bits per heavy atom. The zero-order valence-corrected chi connectivity index (χ0v) is 8.41. The van der Waals surface area contributed by atoms with Gasteiger partial charge in [-0.25, -0.2) is 0 Å². The van der Waals surface area contributed by atoms with Gasteiger partial charge in [-0.05, 0) is 26.8 Å². The predicted octanol–water partition coefficient (Wildman–Crippen LogP) is 3.53. The van der Waals surface area contributed by atoms with E-state index >= 15 is 0 Å². The van der Waals surface area contributed by atoms with Crippen molar-refractivity contribution in [2.45, 2.75) is 20.8 Å². The summed E-state index contributed by atoms with van der Waals surface area (Å²) in [5.74, 6) is 0. The van der Waals surface area contributed by atoms with Gasteiger partial charge in [-0.15, -0.1) is 0 Å². The van der Waals surface area contributed by atoms with Gasteiger partial charge in [0.1, 0.15) is 0 Å². The van der Waals surface area contributed by atoms with Crippen LogP contribution in [0.4, 0.5) is 0 Å². The van der Waals surface area contributed by atoms with Crippen LogP contribution in [-0.2, 0) is 0 Å². The molecule has 1 nitrogen and oxygen atoms in total. The molecule has 0 radical (unpaired) electrons. The lowest BCUT2D eigenvalue weighted by molar-refractivity contribution is 1.33. The zero-order chi connectivity index (χ0) is 10.1. The lowest BCUT2D eigenvalue weighted by Crippen LogP contribution is -1.75. The Kier molecular flexibility index (Phi) is 6.27. The van der Waals surface area contributed by atoms with E-state index in [0.29, 0.717) is 0 Å². The molecule has 13 heavy (non-hydrogen) atoms. The maximum absolute atomic E-state index is 8.70. The van der Waals surface area contributed by atoms with Crippen LogP contribution in [0.5, 0.6) is 0 Å². The van der Waals surface area contributed by atoms with Crippen LogP contribution in [0.25, 0.3) is 0 Å². The van der Waals surface area contributed by atoms with E-state index < -0.39 is 0 Å². The second-order valence-electron chi connectivity index (χ2n) is 2.80. The van der Waals surface area contributed by atoms with Crippen molar-refractivity contribution >= 4 is 0 Å². The lowest BCUT2D eigenvalue weighted by Gasteiger charge is -1.89. The molecule has 0 aliphatic heterocycles. The number of hydrogen-bond donors (Lipinski definition) is 0. The van der Waals surface area contributed by atoms with Gasteiger partial charge in [-0.3, -0.25) is 0 Å². The predicted molar refractivity (Wildman–Crippen MR) is 57.1 cm³/mol. The Labute approximate surface area is 80.4 Å². The second-order valence-corrected chi connectivity index (χ2v) is 2.80. The molecule has 0 unspecified atom stereocenters. The monoisotopic (exact) mass is 173 g/mol. The van der Waals surface area contributed by atoms with Crippen molar-refractivity contribution in [3.8, 4) is 6.07 Å². The average Bonchev–Trinajstić information content (AvgIpc) is 2.10. The summed E-state index contributed by atoms with van der Waals surface area (Å²) in [6.45, 7) is 5.82. The van der Waals surface area contributed by atoms with Crippen molar-refractivity contribution in [1.82, 2.24) is 0 Å². The summed E-state index contributed by atoms with van der Waals surface area (Å²) < 4.78 is 0. The summed E-state index contributed by atoms with van der Waals surface area (Å²) in [5.41, 5.74) is 1.77. The van der Waals surface area contributed by atoms with Crippen molar-refractivity contribution in [2.24, 2.45) is 0 Å². The minimum absolute atomic E-state index is 0.727. The molecule has 68 valence electrons. The summed E-state index contributed by atoms with van der Waals surface area (Å²) >= 11 is 0. The normalized spacial score (nSPS) is 11.2. The third-order valence-electron chi connectivity index (χ3n) is 1.45. The van der Waals surface area contributed by atoms with E-state index in [1.165, 1.54) is 0 Å². The van der Waals surface area contributed by atoms with Crippen LogP contribution in [-0.4, -0.2) is 0 Å². The Morgan fingerprint density at radius 1 is 1.08 bits per heavy atom. The van der Waals surface area contributed by atoms with E-state index in [-0.39, 0.29) is 0 Å². The molecule has 0 heterocycles. The van der Waals surface area contributed by atoms with Gasteiger partial charge in [0.05, 0.1) is 11.6 Å². The van der Waals surface area contributed by atoms with Crippen LogP contribution < -0.4 is 0 Å². The van der Waals surface area contributed by atoms with Gasteiger partial charge in [-0.2, -0.15) is 5.26 Å². The number of allylic oxidation sites excluding steroid dienone is 8. The minimum Gasteiger partial charge on any atom is -0.192 e. The Hall–Kier alpha value is -1.55. The molecule has 0 amide bonds. The third-order valence-corrected chi connectivity index (χ3v) is 1.45. The molecule has 0 saturated carbocycles. The van der Waals surface area contributed by atoms with E-state index in [9.17, 15) is 0 Å². The quantitative estimate of drug-likeness (QED) is 0.473. The van der Waals surface area contributed by atoms with E-state index in [1.807, 2.05) is 57.2 Å². The Bertz CT molecular complexity index is 292. The average molecular weight is 173 g/mol. The van der Waals surface area contributed by atoms with E-state index in [2.05, 4.69) is 6.07 Å². The summed E-state index contributed by atoms with van der Waals surface area (Å²) in [4.78, 5) is 0. The summed E-state index contributed by atoms with van der Waals surface area (Å²) in [6.07, 6.45) is 11.4. The molecule has 0 saturated heterocycles. The summed E-state index contributed by atoms with van der Waals surface area (Å²) in [7, 11) is 0. The molecular formula is C12H15N. The first kappa shape index (κ1) is 11.4. The lowest BCUT2D eigenvalue weighted by atomic mass is 10.1. The first-order valence-corrected chi connectivity index (χ1v) is 4.26. The van der Waals surface area contributed by atoms with Crippen LogP contribution in [0.2, 0.25) is 0 Å². The van der Waals surface area contributed by atoms with Gasteiger partial charge < -0.3 is 0 Å². The van der Waals surface area contributed by atoms with Crippen molar-refractivity contribution in [3.05, 3.63) is 47.6 Å². The number of nitriles is 1. The van der Waals surface area contributed by atoms with Crippen molar-refractivity contribution < 1.29 is 0 Å². The van der Waals surface area contributed by atoms with Gasteiger partial charge in [-0.1, -0.05) is 36.0 Å². The van der Waals surface area contributed by atoms with Crippen LogP contribution in [0, 0.1) is 11.3 Å². The van der Waals surface area contributed by atoms with Crippen molar-refractivity contribution in [3.63, 3.8) is 0 Å². The third kappa shape index (κ3) is 5.69. The zero-order valence-electron chi connectivity index (χ0n) is 8.41. The van der Waals surface area contributed by atoms with Gasteiger partial charge in [0.25, 0.3) is 0 Å². The minimum atomic E-state index is 0.727. The number of nitrogens with zero attached hydrogens (tertiary/aromatic N) is 1. The molecule has 0 aromatic heterocycles. The molecule has 0 atom stereocenters. The maximum Gasteiger partial charge on any atom is 0.0990 e. The standard InChI is InChI=1S/C12H15N/c1-4-5-6-7-8-9-12(10-13)11(2)3/h4-9H,1-3H3.